The van der Waals surface area contributed by atoms with Crippen molar-refractivity contribution in [2.24, 2.45) is 0 Å². The smallest absolute Gasteiger partial charge is 0.216 e. The van der Waals surface area contributed by atoms with Crippen LogP contribution in [0.1, 0.15) is 26.3 Å². The lowest BCUT2D eigenvalue weighted by Crippen LogP contribution is -2.27. The molecule has 0 atom stereocenters. The Bertz CT molecular complexity index is 291. The molecule has 66 valence electrons. The fourth-order valence-corrected chi connectivity index (χ4v) is 1.06. The standard InChI is InChI=1S/C9H12FNO/c1-9(2,3)7-4-5-11(12)6-8(7)10/h4-6H,1-3H3. The fraction of sp³-hybridized carbons (Fsp3) is 0.444. The Morgan fingerprint density at radius 1 is 1.42 bits per heavy atom. The number of rotatable bonds is 0. The van der Waals surface area contributed by atoms with Gasteiger partial charge in [0.15, 0.2) is 12.0 Å². The summed E-state index contributed by atoms with van der Waals surface area (Å²) in [5, 5.41) is 10.6. The largest absolute Gasteiger partial charge is 0.619 e. The van der Waals surface area contributed by atoms with Gasteiger partial charge in [0, 0.05) is 11.6 Å². The van der Waals surface area contributed by atoms with Crippen molar-refractivity contribution in [1.29, 1.82) is 0 Å². The molecule has 0 N–H and O–H groups in total. The van der Waals surface area contributed by atoms with E-state index in [-0.39, 0.29) is 5.41 Å². The first-order valence-electron chi connectivity index (χ1n) is 3.80. The van der Waals surface area contributed by atoms with E-state index >= 15 is 0 Å². The maximum absolute atomic E-state index is 13.1. The molecule has 1 aromatic rings. The Morgan fingerprint density at radius 3 is 2.42 bits per heavy atom. The molecule has 0 spiro atoms. The van der Waals surface area contributed by atoms with Crippen molar-refractivity contribution in [3.05, 3.63) is 35.0 Å². The normalized spacial score (nSPS) is 11.7. The predicted molar refractivity (Wildman–Crippen MR) is 44.1 cm³/mol. The highest BCUT2D eigenvalue weighted by atomic mass is 19.1. The first kappa shape index (κ1) is 8.97. The molecule has 0 radical (unpaired) electrons. The van der Waals surface area contributed by atoms with Crippen LogP contribution < -0.4 is 4.73 Å². The molecule has 0 saturated heterocycles. The summed E-state index contributed by atoms with van der Waals surface area (Å²) in [5.74, 6) is -0.444. The molecule has 0 fully saturated rings. The van der Waals surface area contributed by atoms with Crippen LogP contribution in [0.15, 0.2) is 18.5 Å². The summed E-state index contributed by atoms with van der Waals surface area (Å²) in [5.41, 5.74) is 0.313. The lowest BCUT2D eigenvalue weighted by Gasteiger charge is -2.18. The summed E-state index contributed by atoms with van der Waals surface area (Å²) in [6.45, 7) is 5.71. The van der Waals surface area contributed by atoms with Crippen LogP contribution in [0.4, 0.5) is 4.39 Å². The molecule has 2 nitrogen and oxygen atoms in total. The zero-order valence-electron chi connectivity index (χ0n) is 7.47. The van der Waals surface area contributed by atoms with E-state index in [2.05, 4.69) is 0 Å². The van der Waals surface area contributed by atoms with Crippen LogP contribution in [0.25, 0.3) is 0 Å². The van der Waals surface area contributed by atoms with E-state index in [4.69, 9.17) is 0 Å². The second-order valence-electron chi connectivity index (χ2n) is 3.82. The first-order chi connectivity index (χ1) is 5.41. The van der Waals surface area contributed by atoms with Gasteiger partial charge in [-0.3, -0.25) is 0 Å². The third kappa shape index (κ3) is 1.72. The molecular formula is C9H12FNO. The van der Waals surface area contributed by atoms with Crippen molar-refractivity contribution in [3.8, 4) is 0 Å². The Kier molecular flexibility index (Phi) is 2.04. The Hall–Kier alpha value is -1.12. The van der Waals surface area contributed by atoms with Gasteiger partial charge in [-0.2, -0.15) is 9.12 Å². The van der Waals surface area contributed by atoms with E-state index in [1.165, 1.54) is 12.3 Å². The number of aromatic nitrogens is 1. The van der Waals surface area contributed by atoms with Crippen LogP contribution in [0.2, 0.25) is 0 Å². The summed E-state index contributed by atoms with van der Waals surface area (Å²) >= 11 is 0. The summed E-state index contributed by atoms with van der Waals surface area (Å²) < 4.78 is 13.6. The second-order valence-corrected chi connectivity index (χ2v) is 3.82. The second kappa shape index (κ2) is 2.73. The fourth-order valence-electron chi connectivity index (χ4n) is 1.06. The van der Waals surface area contributed by atoms with Crippen molar-refractivity contribution in [1.82, 2.24) is 0 Å². The Balaban J connectivity index is 3.19. The van der Waals surface area contributed by atoms with Gasteiger partial charge in [0.2, 0.25) is 6.20 Å². The molecule has 1 aromatic heterocycles. The van der Waals surface area contributed by atoms with Crippen LogP contribution in [0, 0.1) is 11.0 Å². The van der Waals surface area contributed by atoms with Crippen LogP contribution in [0.3, 0.4) is 0 Å². The minimum absolute atomic E-state index is 0.252. The van der Waals surface area contributed by atoms with E-state index in [0.29, 0.717) is 10.3 Å². The van der Waals surface area contributed by atoms with Gasteiger partial charge in [-0.1, -0.05) is 20.8 Å². The molecule has 12 heavy (non-hydrogen) atoms. The SMILES string of the molecule is CC(C)(C)c1cc[n+]([O-])cc1F. The van der Waals surface area contributed by atoms with E-state index < -0.39 is 5.82 Å². The van der Waals surface area contributed by atoms with E-state index in [0.717, 1.165) is 6.20 Å². The number of hydrogen-bond acceptors (Lipinski definition) is 1. The van der Waals surface area contributed by atoms with Crippen molar-refractivity contribution in [2.45, 2.75) is 26.2 Å². The molecule has 0 unspecified atom stereocenters. The number of hydrogen-bond donors (Lipinski definition) is 0. The minimum Gasteiger partial charge on any atom is -0.619 e. The van der Waals surface area contributed by atoms with Crippen molar-refractivity contribution in [3.63, 3.8) is 0 Å². The lowest BCUT2D eigenvalue weighted by molar-refractivity contribution is -0.607. The van der Waals surface area contributed by atoms with Crippen LogP contribution in [-0.4, -0.2) is 0 Å². The lowest BCUT2D eigenvalue weighted by atomic mass is 9.87. The summed E-state index contributed by atoms with van der Waals surface area (Å²) in [6, 6.07) is 1.52. The molecule has 1 rings (SSSR count). The average molecular weight is 169 g/mol. The molecule has 1 heterocycles. The highest BCUT2D eigenvalue weighted by Crippen LogP contribution is 2.23. The summed E-state index contributed by atoms with van der Waals surface area (Å²) in [7, 11) is 0. The van der Waals surface area contributed by atoms with Crippen LogP contribution in [-0.2, 0) is 5.41 Å². The summed E-state index contributed by atoms with van der Waals surface area (Å²) in [6.07, 6.45) is 2.25. The first-order valence-corrected chi connectivity index (χ1v) is 3.80. The maximum atomic E-state index is 13.1. The Morgan fingerprint density at radius 2 is 2.00 bits per heavy atom. The molecular weight excluding hydrogens is 157 g/mol. The third-order valence-electron chi connectivity index (χ3n) is 1.69. The van der Waals surface area contributed by atoms with Gasteiger partial charge in [-0.25, -0.2) is 0 Å². The third-order valence-corrected chi connectivity index (χ3v) is 1.69. The number of halogens is 1. The van der Waals surface area contributed by atoms with E-state index in [9.17, 15) is 9.60 Å². The van der Waals surface area contributed by atoms with E-state index in [1.54, 1.807) is 0 Å². The van der Waals surface area contributed by atoms with E-state index in [1.807, 2.05) is 20.8 Å². The molecule has 0 bridgehead atoms. The monoisotopic (exact) mass is 169 g/mol. The zero-order valence-corrected chi connectivity index (χ0v) is 7.47. The van der Waals surface area contributed by atoms with Crippen LogP contribution >= 0.6 is 0 Å². The van der Waals surface area contributed by atoms with Gasteiger partial charge in [-0.15, -0.1) is 0 Å². The van der Waals surface area contributed by atoms with Crippen LogP contribution in [0.5, 0.6) is 0 Å². The van der Waals surface area contributed by atoms with Gasteiger partial charge in [0.05, 0.1) is 0 Å². The number of nitrogens with zero attached hydrogens (tertiary/aromatic N) is 1. The highest BCUT2D eigenvalue weighted by Gasteiger charge is 2.19. The molecule has 0 aliphatic rings. The number of pyridine rings is 1. The maximum Gasteiger partial charge on any atom is 0.216 e. The average Bonchev–Trinajstić information content (AvgIpc) is 1.83. The van der Waals surface area contributed by atoms with Crippen molar-refractivity contribution >= 4 is 0 Å². The molecule has 3 heteroatoms. The molecule has 0 aromatic carbocycles. The van der Waals surface area contributed by atoms with Gasteiger partial charge in [0.25, 0.3) is 0 Å². The van der Waals surface area contributed by atoms with Gasteiger partial charge >= 0.3 is 0 Å². The predicted octanol–water partition coefficient (Wildman–Crippen LogP) is 1.76. The van der Waals surface area contributed by atoms with Gasteiger partial charge < -0.3 is 5.21 Å². The zero-order chi connectivity index (χ0) is 9.35. The molecule has 0 aliphatic carbocycles. The quantitative estimate of drug-likeness (QED) is 0.429. The molecule has 0 saturated carbocycles. The van der Waals surface area contributed by atoms with Gasteiger partial charge in [-0.05, 0) is 5.41 Å². The van der Waals surface area contributed by atoms with Crippen molar-refractivity contribution in [2.75, 3.05) is 0 Å². The molecule has 0 aliphatic heterocycles. The summed E-state index contributed by atoms with van der Waals surface area (Å²) in [4.78, 5) is 0. The van der Waals surface area contributed by atoms with Gasteiger partial charge in [0.1, 0.15) is 0 Å². The highest BCUT2D eigenvalue weighted by molar-refractivity contribution is 5.19. The molecule has 0 amide bonds. The Labute approximate surface area is 71.2 Å². The minimum atomic E-state index is -0.444. The van der Waals surface area contributed by atoms with Crippen molar-refractivity contribution < 1.29 is 9.12 Å². The topological polar surface area (TPSA) is 26.9 Å².